The number of carbonyl (C=O) groups excluding carboxylic acids is 4. The van der Waals surface area contributed by atoms with Crippen LogP contribution in [-0.2, 0) is 75.8 Å². The molecule has 0 spiro atoms. The molecule has 4 aromatic carbocycles. The van der Waals surface area contributed by atoms with Crippen LogP contribution in [0.4, 0.5) is 0 Å². The number of esters is 4. The van der Waals surface area contributed by atoms with Crippen LogP contribution < -0.4 is 0 Å². The third kappa shape index (κ3) is 32.0. The first-order valence-corrected chi connectivity index (χ1v) is 29.1. The molecule has 92 heavy (non-hydrogen) atoms. The monoisotopic (exact) mass is 1260 g/mol. The summed E-state index contributed by atoms with van der Waals surface area (Å²) >= 11 is 0. The summed E-state index contributed by atoms with van der Waals surface area (Å²) in [6.45, 7) is 6.37. The van der Waals surface area contributed by atoms with Crippen molar-refractivity contribution >= 4 is 23.9 Å². The fourth-order valence-corrected chi connectivity index (χ4v) is 7.35. The van der Waals surface area contributed by atoms with E-state index in [1.165, 1.54) is 48.5 Å². The molecule has 5 rings (SSSR count). The molecule has 0 aromatic heterocycles. The van der Waals surface area contributed by atoms with E-state index in [4.69, 9.17) is 75.8 Å². The van der Waals surface area contributed by atoms with Crippen molar-refractivity contribution in [3.63, 3.8) is 0 Å². The summed E-state index contributed by atoms with van der Waals surface area (Å²) in [6.07, 6.45) is 0. The average molecular weight is 1260 g/mol. The van der Waals surface area contributed by atoms with Gasteiger partial charge in [0.25, 0.3) is 0 Å². The van der Waals surface area contributed by atoms with Crippen LogP contribution in [0.25, 0.3) is 0 Å². The van der Waals surface area contributed by atoms with E-state index in [1.54, 1.807) is 52.7 Å². The highest BCUT2D eigenvalue weighted by atomic mass is 16.6. The Balaban J connectivity index is 1.53. The Hall–Kier alpha value is -9.24. The lowest BCUT2D eigenvalue weighted by atomic mass is 10.0. The van der Waals surface area contributed by atoms with Gasteiger partial charge in [-0.1, -0.05) is 47.4 Å². The standard InChI is InChI=1S/C72H72O20/c1-77-21-25-81-29-33-85-37-41-89-69(73)65-49-57-13-5-7-15-59-46-61(53-66(51-59)70(74)90-42-38-86-34-30-82-26-22-78-2)17-9-11-19-63-48-64(56-68(55-63)72(76)92-44-40-88-36-32-84-28-24-80-4)20-12-10-18-62-47-60(16-8-6-14-58(45-57)50-65)52-67(54-62)71(75)91-43-39-87-35-31-83-27-23-79-3/h45-56H,21-44H2,1-4H3. The topological polar surface area (TPSA) is 216 Å². The summed E-state index contributed by atoms with van der Waals surface area (Å²) < 4.78 is 85.9. The van der Waals surface area contributed by atoms with Gasteiger partial charge in [-0.2, -0.15) is 0 Å². The van der Waals surface area contributed by atoms with Crippen molar-refractivity contribution < 1.29 is 95.0 Å². The highest BCUT2D eigenvalue weighted by Crippen LogP contribution is 2.16. The zero-order valence-corrected chi connectivity index (χ0v) is 52.1. The number of rotatable bonds is 40. The molecule has 4 aromatic rings. The maximum absolute atomic E-state index is 13.5. The van der Waals surface area contributed by atoms with Crippen molar-refractivity contribution in [2.75, 3.05) is 187 Å². The molecule has 8 bridgehead atoms. The summed E-state index contributed by atoms with van der Waals surface area (Å²) in [7, 11) is 6.33. The van der Waals surface area contributed by atoms with E-state index in [2.05, 4.69) is 94.7 Å². The number of methoxy groups -OCH3 is 4. The van der Waals surface area contributed by atoms with E-state index in [-0.39, 0.29) is 75.1 Å². The van der Waals surface area contributed by atoms with E-state index in [0.29, 0.717) is 150 Å². The van der Waals surface area contributed by atoms with Gasteiger partial charge in [-0.25, -0.2) is 19.2 Å². The molecule has 0 atom stereocenters. The summed E-state index contributed by atoms with van der Waals surface area (Å²) in [5.74, 6) is 43.8. The SMILES string of the molecule is COCCOCCOCCOC(=O)c1cc2cc(c1)C#CC#Cc1cc(cc(C(=O)OCCOCCOCCOC)c1)C#CC#Cc1cc(cc(C(=O)OCCOCCOCCOC)c1)C#CC#Cc1cc(cc(C(=O)OCCOCCOCCOC)c1)C#CC#C2. The van der Waals surface area contributed by atoms with E-state index in [0.717, 1.165) is 0 Å². The first-order valence-electron chi connectivity index (χ1n) is 29.1. The molecule has 0 radical (unpaired) electrons. The van der Waals surface area contributed by atoms with Crippen LogP contribution in [0.2, 0.25) is 0 Å². The maximum atomic E-state index is 13.5. The van der Waals surface area contributed by atoms with E-state index in [1.807, 2.05) is 0 Å². The van der Waals surface area contributed by atoms with Crippen LogP contribution in [0.15, 0.2) is 72.8 Å². The molecular weight excluding hydrogens is 1180 g/mol. The second kappa shape index (κ2) is 46.8. The van der Waals surface area contributed by atoms with Crippen LogP contribution in [0, 0.1) is 94.7 Å². The molecule has 20 heteroatoms. The number of hydrogen-bond donors (Lipinski definition) is 0. The molecule has 0 saturated carbocycles. The first-order chi connectivity index (χ1) is 45.2. The van der Waals surface area contributed by atoms with Gasteiger partial charge in [-0.15, -0.1) is 0 Å². The fourth-order valence-electron chi connectivity index (χ4n) is 7.35. The van der Waals surface area contributed by atoms with Gasteiger partial charge < -0.3 is 75.8 Å². The van der Waals surface area contributed by atoms with Crippen LogP contribution in [0.3, 0.4) is 0 Å². The van der Waals surface area contributed by atoms with Gasteiger partial charge in [0.2, 0.25) is 0 Å². The fraction of sp³-hybridized carbons (Fsp3) is 0.389. The minimum atomic E-state index is -0.659. The van der Waals surface area contributed by atoms with Crippen molar-refractivity contribution in [2.24, 2.45) is 0 Å². The molecule has 0 N–H and O–H groups in total. The average Bonchev–Trinajstić information content (AvgIpc) is 2.29. The van der Waals surface area contributed by atoms with Crippen molar-refractivity contribution in [3.8, 4) is 94.7 Å². The Morgan fingerprint density at radius 3 is 0.511 bits per heavy atom. The van der Waals surface area contributed by atoms with Gasteiger partial charge in [0.05, 0.1) is 154 Å². The van der Waals surface area contributed by atoms with Crippen LogP contribution in [0.1, 0.15) is 85.9 Å². The van der Waals surface area contributed by atoms with Crippen LogP contribution >= 0.6 is 0 Å². The Morgan fingerprint density at radius 1 is 0.217 bits per heavy atom. The largest absolute Gasteiger partial charge is 0.460 e. The second-order valence-electron chi connectivity index (χ2n) is 18.6. The van der Waals surface area contributed by atoms with E-state index >= 15 is 0 Å². The van der Waals surface area contributed by atoms with Gasteiger partial charge in [0, 0.05) is 72.9 Å². The lowest BCUT2D eigenvalue weighted by molar-refractivity contribution is 0.00552. The first kappa shape index (κ1) is 73.5. The quantitative estimate of drug-likeness (QED) is 0.0249. The summed E-state index contributed by atoms with van der Waals surface area (Å²) in [6, 6.07) is 18.9. The Kier molecular flexibility index (Phi) is 37.4. The van der Waals surface area contributed by atoms with Gasteiger partial charge in [0.1, 0.15) is 26.4 Å². The van der Waals surface area contributed by atoms with Crippen LogP contribution in [0.5, 0.6) is 0 Å². The van der Waals surface area contributed by atoms with Gasteiger partial charge in [-0.3, -0.25) is 0 Å². The smallest absolute Gasteiger partial charge is 0.338 e. The molecule has 0 fully saturated rings. The Bertz CT molecular complexity index is 2950. The Morgan fingerprint density at radius 2 is 0.359 bits per heavy atom. The highest BCUT2D eigenvalue weighted by molar-refractivity contribution is 5.92. The molecule has 1 aliphatic carbocycles. The molecule has 480 valence electrons. The van der Waals surface area contributed by atoms with Crippen molar-refractivity contribution in [3.05, 3.63) is 140 Å². The Labute approximate surface area is 538 Å². The maximum Gasteiger partial charge on any atom is 0.338 e. The molecular formula is C72H72O20. The molecule has 0 aliphatic heterocycles. The van der Waals surface area contributed by atoms with Gasteiger partial charge in [-0.05, 0) is 120 Å². The van der Waals surface area contributed by atoms with Crippen molar-refractivity contribution in [1.29, 1.82) is 0 Å². The summed E-state index contributed by atoms with van der Waals surface area (Å²) in [5, 5.41) is 0. The number of hydrogen-bond acceptors (Lipinski definition) is 20. The molecule has 20 nitrogen and oxygen atoms in total. The van der Waals surface area contributed by atoms with Gasteiger partial charge in [0.15, 0.2) is 0 Å². The lowest BCUT2D eigenvalue weighted by Gasteiger charge is -2.08. The van der Waals surface area contributed by atoms with E-state index < -0.39 is 23.9 Å². The van der Waals surface area contributed by atoms with Gasteiger partial charge >= 0.3 is 23.9 Å². The molecule has 0 heterocycles. The summed E-state index contributed by atoms with van der Waals surface area (Å²) in [4.78, 5) is 53.9. The number of ether oxygens (including phenoxy) is 16. The minimum absolute atomic E-state index is 0.0440. The van der Waals surface area contributed by atoms with E-state index in [9.17, 15) is 19.2 Å². The predicted molar refractivity (Wildman–Crippen MR) is 336 cm³/mol. The molecule has 1 aliphatic rings. The third-order valence-electron chi connectivity index (χ3n) is 11.6. The number of carbonyl (C=O) groups is 4. The predicted octanol–water partition coefficient (Wildman–Crippen LogP) is 4.96. The zero-order valence-electron chi connectivity index (χ0n) is 52.1. The normalized spacial score (nSPS) is 10.8. The highest BCUT2D eigenvalue weighted by Gasteiger charge is 2.14. The van der Waals surface area contributed by atoms with Crippen LogP contribution in [-0.4, -0.2) is 211 Å². The van der Waals surface area contributed by atoms with Crippen molar-refractivity contribution in [1.82, 2.24) is 0 Å². The molecule has 0 saturated heterocycles. The number of benzene rings is 4. The molecule has 0 unspecified atom stereocenters. The number of fused-ring (bicyclic) bond motifs is 8. The minimum Gasteiger partial charge on any atom is -0.460 e. The zero-order chi connectivity index (χ0) is 65.3. The molecule has 0 amide bonds. The van der Waals surface area contributed by atoms with Crippen molar-refractivity contribution in [2.45, 2.75) is 0 Å². The second-order valence-corrected chi connectivity index (χ2v) is 18.6. The lowest BCUT2D eigenvalue weighted by Crippen LogP contribution is -2.14. The third-order valence-corrected chi connectivity index (χ3v) is 11.6. The summed E-state index contributed by atoms with van der Waals surface area (Å²) in [5.41, 5.74) is 3.49.